The van der Waals surface area contributed by atoms with E-state index in [-0.39, 0.29) is 5.91 Å². The average Bonchev–Trinajstić information content (AvgIpc) is 2.33. The summed E-state index contributed by atoms with van der Waals surface area (Å²) >= 11 is 0. The quantitative estimate of drug-likeness (QED) is 0.784. The third kappa shape index (κ3) is 2.48. The molecule has 1 aromatic carbocycles. The number of carbonyl (C=O) groups is 1. The molecule has 1 heterocycles. The molecule has 1 aliphatic heterocycles. The Labute approximate surface area is 108 Å². The minimum atomic E-state index is -0.429. The van der Waals surface area contributed by atoms with Gasteiger partial charge in [0.05, 0.1) is 5.54 Å². The third-order valence-corrected chi connectivity index (χ3v) is 3.72. The van der Waals surface area contributed by atoms with Gasteiger partial charge >= 0.3 is 0 Å². The van der Waals surface area contributed by atoms with E-state index >= 15 is 0 Å². The molecule has 0 spiro atoms. The standard InChI is InChI=1S/C14H21N3O/c1-14(2)13(18)16-8-10-17(14)9-7-11-5-3-4-6-12(11)15/h3-6H,7-10,15H2,1-2H3,(H,16,18). The van der Waals surface area contributed by atoms with Crippen LogP contribution >= 0.6 is 0 Å². The molecule has 1 saturated heterocycles. The number of nitrogen functional groups attached to an aromatic ring is 1. The smallest absolute Gasteiger partial charge is 0.239 e. The molecule has 0 unspecified atom stereocenters. The summed E-state index contributed by atoms with van der Waals surface area (Å²) in [5.41, 5.74) is 7.49. The number of nitrogens with zero attached hydrogens (tertiary/aromatic N) is 1. The summed E-state index contributed by atoms with van der Waals surface area (Å²) in [6, 6.07) is 7.91. The van der Waals surface area contributed by atoms with Gasteiger partial charge in [0.1, 0.15) is 0 Å². The first-order valence-corrected chi connectivity index (χ1v) is 6.38. The van der Waals surface area contributed by atoms with E-state index in [1.54, 1.807) is 0 Å². The van der Waals surface area contributed by atoms with Crippen molar-refractivity contribution < 1.29 is 4.79 Å². The summed E-state index contributed by atoms with van der Waals surface area (Å²) in [6.45, 7) is 6.42. The molecule has 18 heavy (non-hydrogen) atoms. The van der Waals surface area contributed by atoms with E-state index in [0.717, 1.165) is 37.3 Å². The van der Waals surface area contributed by atoms with Gasteiger partial charge in [0, 0.05) is 25.3 Å². The number of carbonyl (C=O) groups excluding carboxylic acids is 1. The fourth-order valence-corrected chi connectivity index (χ4v) is 2.35. The molecule has 3 N–H and O–H groups in total. The molecule has 4 nitrogen and oxygen atoms in total. The van der Waals surface area contributed by atoms with E-state index in [4.69, 9.17) is 5.73 Å². The van der Waals surface area contributed by atoms with Crippen LogP contribution in [0.1, 0.15) is 19.4 Å². The fourth-order valence-electron chi connectivity index (χ4n) is 2.35. The number of hydrogen-bond donors (Lipinski definition) is 2. The van der Waals surface area contributed by atoms with Crippen molar-refractivity contribution >= 4 is 11.6 Å². The van der Waals surface area contributed by atoms with Gasteiger partial charge in [0.15, 0.2) is 0 Å². The van der Waals surface area contributed by atoms with Crippen LogP contribution in [-0.2, 0) is 11.2 Å². The van der Waals surface area contributed by atoms with Gasteiger partial charge in [0.2, 0.25) is 5.91 Å². The number of nitrogens with two attached hydrogens (primary N) is 1. The van der Waals surface area contributed by atoms with Crippen LogP contribution in [0.5, 0.6) is 0 Å². The number of anilines is 1. The topological polar surface area (TPSA) is 58.4 Å². The Morgan fingerprint density at radius 1 is 1.39 bits per heavy atom. The number of nitrogens with one attached hydrogen (secondary N) is 1. The van der Waals surface area contributed by atoms with Crippen LogP contribution in [-0.4, -0.2) is 36.0 Å². The van der Waals surface area contributed by atoms with Gasteiger partial charge in [0.25, 0.3) is 0 Å². The minimum absolute atomic E-state index is 0.106. The molecular formula is C14H21N3O. The van der Waals surface area contributed by atoms with Gasteiger partial charge in [-0.05, 0) is 31.9 Å². The molecule has 0 radical (unpaired) electrons. The summed E-state index contributed by atoms with van der Waals surface area (Å²) in [5.74, 6) is 0.106. The maximum absolute atomic E-state index is 11.8. The van der Waals surface area contributed by atoms with Crippen LogP contribution in [0.15, 0.2) is 24.3 Å². The summed E-state index contributed by atoms with van der Waals surface area (Å²) in [5, 5.41) is 2.91. The number of rotatable bonds is 3. The number of hydrogen-bond acceptors (Lipinski definition) is 3. The molecular weight excluding hydrogens is 226 g/mol. The number of para-hydroxylation sites is 1. The molecule has 1 amide bonds. The lowest BCUT2D eigenvalue weighted by Crippen LogP contribution is -2.62. The molecule has 4 heteroatoms. The SMILES string of the molecule is CC1(C)C(=O)NCCN1CCc1ccccc1N. The molecule has 0 aromatic heterocycles. The van der Waals surface area contributed by atoms with Gasteiger partial charge in [-0.1, -0.05) is 18.2 Å². The van der Waals surface area contributed by atoms with E-state index in [1.165, 1.54) is 0 Å². The van der Waals surface area contributed by atoms with Crippen LogP contribution in [0.3, 0.4) is 0 Å². The van der Waals surface area contributed by atoms with Crippen molar-refractivity contribution in [1.29, 1.82) is 0 Å². The third-order valence-electron chi connectivity index (χ3n) is 3.72. The Hall–Kier alpha value is -1.55. The minimum Gasteiger partial charge on any atom is -0.399 e. The largest absolute Gasteiger partial charge is 0.399 e. The van der Waals surface area contributed by atoms with E-state index in [2.05, 4.69) is 10.2 Å². The fraction of sp³-hybridized carbons (Fsp3) is 0.500. The average molecular weight is 247 g/mol. The Balaban J connectivity index is 2.02. The lowest BCUT2D eigenvalue weighted by molar-refractivity contribution is -0.134. The molecule has 1 fully saturated rings. The predicted octanol–water partition coefficient (Wildman–Crippen LogP) is 1.02. The van der Waals surface area contributed by atoms with E-state index in [9.17, 15) is 4.79 Å². The Kier molecular flexibility index (Phi) is 3.57. The second-order valence-electron chi connectivity index (χ2n) is 5.25. The Morgan fingerprint density at radius 3 is 2.83 bits per heavy atom. The number of benzene rings is 1. The van der Waals surface area contributed by atoms with Gasteiger partial charge in [-0.15, -0.1) is 0 Å². The van der Waals surface area contributed by atoms with Crippen LogP contribution in [0.4, 0.5) is 5.69 Å². The first kappa shape index (κ1) is 12.9. The zero-order valence-electron chi connectivity index (χ0n) is 11.1. The van der Waals surface area contributed by atoms with Gasteiger partial charge in [-0.3, -0.25) is 9.69 Å². The molecule has 1 aliphatic rings. The summed E-state index contributed by atoms with van der Waals surface area (Å²) in [6.07, 6.45) is 0.878. The number of amides is 1. The first-order valence-electron chi connectivity index (χ1n) is 6.38. The maximum atomic E-state index is 11.8. The van der Waals surface area contributed by atoms with Crippen molar-refractivity contribution in [3.8, 4) is 0 Å². The molecule has 1 aromatic rings. The molecule has 0 saturated carbocycles. The van der Waals surface area contributed by atoms with Crippen molar-refractivity contribution in [3.05, 3.63) is 29.8 Å². The Bertz CT molecular complexity index is 442. The lowest BCUT2D eigenvalue weighted by Gasteiger charge is -2.41. The van der Waals surface area contributed by atoms with Gasteiger partial charge in [-0.25, -0.2) is 0 Å². The second-order valence-corrected chi connectivity index (χ2v) is 5.25. The maximum Gasteiger partial charge on any atom is 0.239 e. The van der Waals surface area contributed by atoms with Gasteiger partial charge < -0.3 is 11.1 Å². The molecule has 2 rings (SSSR count). The lowest BCUT2D eigenvalue weighted by atomic mass is 9.98. The number of piperazine rings is 1. The summed E-state index contributed by atoms with van der Waals surface area (Å²) < 4.78 is 0. The van der Waals surface area contributed by atoms with Crippen molar-refractivity contribution in [2.24, 2.45) is 0 Å². The van der Waals surface area contributed by atoms with Crippen LogP contribution in [0.25, 0.3) is 0 Å². The second kappa shape index (κ2) is 4.98. The monoisotopic (exact) mass is 247 g/mol. The molecule has 98 valence electrons. The summed E-state index contributed by atoms with van der Waals surface area (Å²) in [4.78, 5) is 14.0. The Morgan fingerprint density at radius 2 is 2.11 bits per heavy atom. The zero-order valence-corrected chi connectivity index (χ0v) is 11.1. The summed E-state index contributed by atoms with van der Waals surface area (Å²) in [7, 11) is 0. The van der Waals surface area contributed by atoms with Gasteiger partial charge in [-0.2, -0.15) is 0 Å². The van der Waals surface area contributed by atoms with E-state index in [1.807, 2.05) is 38.1 Å². The molecule has 0 atom stereocenters. The highest BCUT2D eigenvalue weighted by molar-refractivity contribution is 5.86. The molecule has 0 aliphatic carbocycles. The highest BCUT2D eigenvalue weighted by atomic mass is 16.2. The van der Waals surface area contributed by atoms with E-state index < -0.39 is 5.54 Å². The highest BCUT2D eigenvalue weighted by Crippen LogP contribution is 2.19. The molecule has 0 bridgehead atoms. The van der Waals surface area contributed by atoms with Crippen LogP contribution < -0.4 is 11.1 Å². The van der Waals surface area contributed by atoms with E-state index in [0.29, 0.717) is 0 Å². The predicted molar refractivity (Wildman–Crippen MR) is 73.2 cm³/mol. The first-order chi connectivity index (χ1) is 8.51. The van der Waals surface area contributed by atoms with Crippen molar-refractivity contribution in [2.45, 2.75) is 25.8 Å². The highest BCUT2D eigenvalue weighted by Gasteiger charge is 2.36. The van der Waals surface area contributed by atoms with Crippen LogP contribution in [0, 0.1) is 0 Å². The van der Waals surface area contributed by atoms with Crippen LogP contribution in [0.2, 0.25) is 0 Å². The zero-order chi connectivity index (χ0) is 13.2. The van der Waals surface area contributed by atoms with Crippen molar-refractivity contribution in [1.82, 2.24) is 10.2 Å². The normalized spacial score (nSPS) is 19.6. The van der Waals surface area contributed by atoms with Crippen molar-refractivity contribution in [3.63, 3.8) is 0 Å². The van der Waals surface area contributed by atoms with Crippen molar-refractivity contribution in [2.75, 3.05) is 25.4 Å².